The van der Waals surface area contributed by atoms with Crippen LogP contribution in [-0.4, -0.2) is 28.2 Å². The number of urea groups is 1. The van der Waals surface area contributed by atoms with Gasteiger partial charge >= 0.3 is 6.03 Å². The summed E-state index contributed by atoms with van der Waals surface area (Å²) in [5.74, 6) is 0.915. The number of aromatic nitrogens is 1. The van der Waals surface area contributed by atoms with Crippen molar-refractivity contribution in [3.63, 3.8) is 0 Å². The Hall–Kier alpha value is -2.01. The third-order valence-corrected chi connectivity index (χ3v) is 5.24. The minimum atomic E-state index is -0.486. The first-order chi connectivity index (χ1) is 9.82. The first-order valence-corrected chi connectivity index (χ1v) is 7.54. The minimum Gasteiger partial charge on any atom is -0.306 e. The van der Waals surface area contributed by atoms with Crippen LogP contribution in [0, 0.1) is 0 Å². The number of thioether (sulfide) groups is 1. The molecule has 2 aromatic rings. The third-order valence-electron chi connectivity index (χ3n) is 3.79. The smallest absolute Gasteiger partial charge is 0.306 e. The maximum atomic E-state index is 12.4. The molecule has 1 aromatic heterocycles. The third kappa shape index (κ3) is 1.44. The highest BCUT2D eigenvalue weighted by Gasteiger charge is 2.52. The van der Waals surface area contributed by atoms with Crippen LogP contribution >= 0.6 is 11.8 Å². The number of benzene rings is 1. The zero-order valence-electron chi connectivity index (χ0n) is 10.7. The highest BCUT2D eigenvalue weighted by Crippen LogP contribution is 2.53. The van der Waals surface area contributed by atoms with Crippen molar-refractivity contribution in [3.05, 3.63) is 59.9 Å². The van der Waals surface area contributed by atoms with E-state index < -0.39 is 4.87 Å². The lowest BCUT2D eigenvalue weighted by molar-refractivity contribution is 0.194. The fourth-order valence-electron chi connectivity index (χ4n) is 2.96. The van der Waals surface area contributed by atoms with Gasteiger partial charge in [-0.1, -0.05) is 30.3 Å². The van der Waals surface area contributed by atoms with Crippen LogP contribution in [0.4, 0.5) is 10.5 Å². The van der Waals surface area contributed by atoms with Crippen molar-refractivity contribution in [2.75, 3.05) is 17.6 Å². The van der Waals surface area contributed by atoms with Crippen molar-refractivity contribution >= 4 is 23.5 Å². The van der Waals surface area contributed by atoms with Gasteiger partial charge in [-0.2, -0.15) is 0 Å². The molecule has 100 valence electrons. The van der Waals surface area contributed by atoms with Gasteiger partial charge in [0.1, 0.15) is 5.69 Å². The normalized spacial score (nSPS) is 24.0. The van der Waals surface area contributed by atoms with E-state index in [9.17, 15) is 4.79 Å². The largest absolute Gasteiger partial charge is 0.323 e. The molecule has 1 aromatic carbocycles. The lowest BCUT2D eigenvalue weighted by atomic mass is 9.97. The van der Waals surface area contributed by atoms with Gasteiger partial charge in [-0.25, -0.2) is 4.79 Å². The number of hydrogen-bond donors (Lipinski definition) is 1. The average Bonchev–Trinajstić information content (AvgIpc) is 2.95. The fourth-order valence-corrected chi connectivity index (χ4v) is 4.46. The molecule has 1 N–H and O–H groups in total. The summed E-state index contributed by atoms with van der Waals surface area (Å²) in [5.41, 5.74) is 2.85. The number of nitrogens with one attached hydrogen (secondary N) is 1. The number of carbonyl (C=O) groups excluding carboxylic acids is 1. The van der Waals surface area contributed by atoms with Crippen LogP contribution in [-0.2, 0) is 4.87 Å². The number of carbonyl (C=O) groups is 1. The molecular formula is C15H13N3OS. The van der Waals surface area contributed by atoms with Gasteiger partial charge < -0.3 is 5.32 Å². The molecule has 0 radical (unpaired) electrons. The summed E-state index contributed by atoms with van der Waals surface area (Å²) < 4.78 is 0. The topological polar surface area (TPSA) is 45.2 Å². The molecule has 4 nitrogen and oxygen atoms in total. The molecule has 5 heteroatoms. The Balaban J connectivity index is 2.01. The van der Waals surface area contributed by atoms with Crippen LogP contribution in [0.25, 0.3) is 0 Å². The predicted octanol–water partition coefficient (Wildman–Crippen LogP) is 2.88. The van der Waals surface area contributed by atoms with Gasteiger partial charge in [0.2, 0.25) is 0 Å². The van der Waals surface area contributed by atoms with Crippen LogP contribution in [0.5, 0.6) is 0 Å². The van der Waals surface area contributed by atoms with Crippen molar-refractivity contribution < 1.29 is 4.79 Å². The summed E-state index contributed by atoms with van der Waals surface area (Å²) >= 11 is 1.78. The Bertz CT molecular complexity index is 676. The molecular weight excluding hydrogens is 270 g/mol. The van der Waals surface area contributed by atoms with Gasteiger partial charge in [-0.05, 0) is 17.7 Å². The lowest BCUT2D eigenvalue weighted by Crippen LogP contribution is -2.50. The highest BCUT2D eigenvalue weighted by atomic mass is 32.2. The highest BCUT2D eigenvalue weighted by molar-refractivity contribution is 8.00. The molecule has 0 bridgehead atoms. The van der Waals surface area contributed by atoms with E-state index in [4.69, 9.17) is 0 Å². The Labute approximate surface area is 121 Å². The van der Waals surface area contributed by atoms with E-state index in [0.29, 0.717) is 0 Å². The molecule has 1 atom stereocenters. The second-order valence-electron chi connectivity index (χ2n) is 4.84. The molecule has 1 saturated heterocycles. The quantitative estimate of drug-likeness (QED) is 0.875. The zero-order chi connectivity index (χ0) is 13.6. The van der Waals surface area contributed by atoms with Crippen molar-refractivity contribution in [2.45, 2.75) is 4.87 Å². The SMILES string of the molecule is O=C1Nc2cccnc2C2(c3ccccc3)SCCN12. The molecule has 20 heavy (non-hydrogen) atoms. The number of nitrogens with zero attached hydrogens (tertiary/aromatic N) is 2. The van der Waals surface area contributed by atoms with E-state index in [1.54, 1.807) is 18.0 Å². The summed E-state index contributed by atoms with van der Waals surface area (Å²) in [6.45, 7) is 0.738. The van der Waals surface area contributed by atoms with Gasteiger partial charge in [-0.3, -0.25) is 9.88 Å². The van der Waals surface area contributed by atoms with Gasteiger partial charge in [0.25, 0.3) is 0 Å². The van der Waals surface area contributed by atoms with Crippen molar-refractivity contribution in [3.8, 4) is 0 Å². The van der Waals surface area contributed by atoms with Gasteiger partial charge in [0.15, 0.2) is 4.87 Å². The summed E-state index contributed by atoms with van der Waals surface area (Å²) in [5, 5.41) is 2.94. The minimum absolute atomic E-state index is 0.0423. The van der Waals surface area contributed by atoms with Crippen LogP contribution < -0.4 is 5.32 Å². The second-order valence-corrected chi connectivity index (χ2v) is 6.13. The molecule has 1 unspecified atom stereocenters. The van der Waals surface area contributed by atoms with Gasteiger partial charge in [0.05, 0.1) is 5.69 Å². The predicted molar refractivity (Wildman–Crippen MR) is 79.6 cm³/mol. The second kappa shape index (κ2) is 4.24. The van der Waals surface area contributed by atoms with Crippen LogP contribution in [0.2, 0.25) is 0 Å². The Morgan fingerprint density at radius 3 is 2.90 bits per heavy atom. The standard InChI is InChI=1S/C15H13N3OS/c19-14-17-12-7-4-8-16-13(12)15(18(14)9-10-20-15)11-5-2-1-3-6-11/h1-8H,9-10H2,(H,17,19). The number of anilines is 1. The van der Waals surface area contributed by atoms with E-state index >= 15 is 0 Å². The number of rotatable bonds is 1. The Kier molecular flexibility index (Phi) is 2.50. The molecule has 1 fully saturated rings. The summed E-state index contributed by atoms with van der Waals surface area (Å²) in [4.78, 5) is 18.4. The number of hydrogen-bond acceptors (Lipinski definition) is 3. The molecule has 2 aliphatic rings. The number of pyridine rings is 1. The molecule has 0 saturated carbocycles. The van der Waals surface area contributed by atoms with Crippen molar-refractivity contribution in [1.29, 1.82) is 0 Å². The van der Waals surface area contributed by atoms with E-state index in [2.05, 4.69) is 22.4 Å². The summed E-state index contributed by atoms with van der Waals surface area (Å²) in [6.07, 6.45) is 1.79. The van der Waals surface area contributed by atoms with Gasteiger partial charge in [-0.15, -0.1) is 11.8 Å². The number of fused-ring (bicyclic) bond motifs is 3. The zero-order valence-corrected chi connectivity index (χ0v) is 11.6. The van der Waals surface area contributed by atoms with E-state index in [1.165, 1.54) is 0 Å². The van der Waals surface area contributed by atoms with E-state index in [1.807, 2.05) is 35.2 Å². The fraction of sp³-hybridized carbons (Fsp3) is 0.200. The molecule has 0 aliphatic carbocycles. The molecule has 2 amide bonds. The number of amides is 2. The summed E-state index contributed by atoms with van der Waals surface area (Å²) in [7, 11) is 0. The lowest BCUT2D eigenvalue weighted by Gasteiger charge is -2.41. The Morgan fingerprint density at radius 2 is 2.05 bits per heavy atom. The van der Waals surface area contributed by atoms with Crippen LogP contribution in [0.15, 0.2) is 48.7 Å². The Morgan fingerprint density at radius 1 is 1.20 bits per heavy atom. The molecule has 3 heterocycles. The van der Waals surface area contributed by atoms with Crippen molar-refractivity contribution in [1.82, 2.24) is 9.88 Å². The monoisotopic (exact) mass is 283 g/mol. The maximum Gasteiger partial charge on any atom is 0.323 e. The molecule has 4 rings (SSSR count). The first-order valence-electron chi connectivity index (χ1n) is 6.56. The van der Waals surface area contributed by atoms with Crippen LogP contribution in [0.3, 0.4) is 0 Å². The average molecular weight is 283 g/mol. The summed E-state index contributed by atoms with van der Waals surface area (Å²) in [6, 6.07) is 13.9. The van der Waals surface area contributed by atoms with Gasteiger partial charge in [0, 0.05) is 18.5 Å². The van der Waals surface area contributed by atoms with Crippen LogP contribution in [0.1, 0.15) is 11.3 Å². The molecule has 0 spiro atoms. The van der Waals surface area contributed by atoms with Crippen molar-refractivity contribution in [2.24, 2.45) is 0 Å². The molecule has 2 aliphatic heterocycles. The first kappa shape index (κ1) is 11.8. The van der Waals surface area contributed by atoms with E-state index in [-0.39, 0.29) is 6.03 Å². The maximum absolute atomic E-state index is 12.4. The van der Waals surface area contributed by atoms with E-state index in [0.717, 1.165) is 29.2 Å².